The highest BCUT2D eigenvalue weighted by Gasteiger charge is 2.52. The van der Waals surface area contributed by atoms with E-state index in [1.54, 1.807) is 13.8 Å². The Hall–Kier alpha value is -1.12. The van der Waals surface area contributed by atoms with Gasteiger partial charge >= 0.3 is 0 Å². The molecule has 0 bridgehead atoms. The maximum absolute atomic E-state index is 11.1. The molecule has 1 fully saturated rings. The summed E-state index contributed by atoms with van der Waals surface area (Å²) in [6.45, 7) is 9.28. The lowest BCUT2D eigenvalue weighted by atomic mass is 9.70. The van der Waals surface area contributed by atoms with Crippen LogP contribution in [-0.2, 0) is 14.3 Å². The first-order chi connectivity index (χ1) is 8.51. The van der Waals surface area contributed by atoms with Crippen molar-refractivity contribution < 1.29 is 19.4 Å². The fourth-order valence-corrected chi connectivity index (χ4v) is 2.63. The van der Waals surface area contributed by atoms with Crippen LogP contribution in [-0.4, -0.2) is 23.5 Å². The molecule has 0 N–H and O–H groups in total. The standard InChI is InChI=1S/C14H23NO4/c1-12(2,3)14(9-11(16)17)8-10(6-7-15)18-13(4,5)19-14/h10H,6,8-9H2,1-5H3,(H,16,17)/p-1/t10-,14-/m1/s1. The molecule has 0 amide bonds. The number of carboxylic acids is 1. The lowest BCUT2D eigenvalue weighted by molar-refractivity contribution is -0.364. The van der Waals surface area contributed by atoms with Crippen molar-refractivity contribution in [2.24, 2.45) is 5.41 Å². The summed E-state index contributed by atoms with van der Waals surface area (Å²) in [5.41, 5.74) is -1.29. The monoisotopic (exact) mass is 268 g/mol. The maximum Gasteiger partial charge on any atom is 0.163 e. The minimum atomic E-state index is -1.15. The van der Waals surface area contributed by atoms with Crippen LogP contribution in [0.5, 0.6) is 0 Å². The molecule has 0 aliphatic carbocycles. The quantitative estimate of drug-likeness (QED) is 0.772. The summed E-state index contributed by atoms with van der Waals surface area (Å²) in [7, 11) is 0. The molecule has 1 saturated heterocycles. The summed E-state index contributed by atoms with van der Waals surface area (Å²) in [4.78, 5) is 11.1. The van der Waals surface area contributed by atoms with E-state index in [1.807, 2.05) is 20.8 Å². The molecule has 0 aromatic heterocycles. The molecule has 0 unspecified atom stereocenters. The van der Waals surface area contributed by atoms with Crippen molar-refractivity contribution in [2.75, 3.05) is 0 Å². The summed E-state index contributed by atoms with van der Waals surface area (Å²) in [5, 5.41) is 19.9. The maximum atomic E-state index is 11.1. The smallest absolute Gasteiger partial charge is 0.163 e. The van der Waals surface area contributed by atoms with Crippen LogP contribution >= 0.6 is 0 Å². The molecule has 108 valence electrons. The molecule has 0 aromatic carbocycles. The molecule has 1 aliphatic rings. The Morgan fingerprint density at radius 2 is 2.05 bits per heavy atom. The summed E-state index contributed by atoms with van der Waals surface area (Å²) in [6.07, 6.45) is 0.0667. The third-order valence-electron chi connectivity index (χ3n) is 3.56. The molecule has 0 radical (unpaired) electrons. The van der Waals surface area contributed by atoms with Gasteiger partial charge in [-0.05, 0) is 19.3 Å². The second kappa shape index (κ2) is 5.10. The Morgan fingerprint density at radius 3 is 2.47 bits per heavy atom. The molecule has 1 heterocycles. The van der Waals surface area contributed by atoms with Gasteiger partial charge in [-0.3, -0.25) is 0 Å². The number of nitrogens with zero attached hydrogens (tertiary/aromatic N) is 1. The van der Waals surface area contributed by atoms with Crippen molar-refractivity contribution in [1.82, 2.24) is 0 Å². The van der Waals surface area contributed by atoms with Gasteiger partial charge in [-0.25, -0.2) is 0 Å². The van der Waals surface area contributed by atoms with Crippen molar-refractivity contribution in [3.05, 3.63) is 0 Å². The van der Waals surface area contributed by atoms with E-state index in [9.17, 15) is 9.90 Å². The zero-order valence-electron chi connectivity index (χ0n) is 12.3. The van der Waals surface area contributed by atoms with Crippen LogP contribution in [0.15, 0.2) is 0 Å². The predicted molar refractivity (Wildman–Crippen MR) is 66.7 cm³/mol. The lowest BCUT2D eigenvalue weighted by Gasteiger charge is -2.54. The average molecular weight is 268 g/mol. The largest absolute Gasteiger partial charge is 0.550 e. The van der Waals surface area contributed by atoms with Gasteiger partial charge in [0.2, 0.25) is 0 Å². The van der Waals surface area contributed by atoms with Crippen LogP contribution in [0.2, 0.25) is 0 Å². The minimum absolute atomic E-state index is 0.203. The van der Waals surface area contributed by atoms with Crippen molar-refractivity contribution in [3.8, 4) is 6.07 Å². The van der Waals surface area contributed by atoms with E-state index < -0.39 is 22.8 Å². The van der Waals surface area contributed by atoms with E-state index >= 15 is 0 Å². The van der Waals surface area contributed by atoms with Crippen molar-refractivity contribution in [2.45, 2.75) is 71.4 Å². The van der Waals surface area contributed by atoms with E-state index in [0.717, 1.165) is 0 Å². The number of nitriles is 1. The lowest BCUT2D eigenvalue weighted by Crippen LogP contribution is -2.60. The fourth-order valence-electron chi connectivity index (χ4n) is 2.63. The number of hydrogen-bond donors (Lipinski definition) is 0. The first-order valence-electron chi connectivity index (χ1n) is 6.46. The zero-order chi connectivity index (χ0) is 14.9. The average Bonchev–Trinajstić information content (AvgIpc) is 2.11. The van der Waals surface area contributed by atoms with Crippen LogP contribution in [0.4, 0.5) is 0 Å². The Kier molecular flexibility index (Phi) is 4.28. The number of carboxylic acid groups (broad SMARTS) is 1. The van der Waals surface area contributed by atoms with Gasteiger partial charge < -0.3 is 19.4 Å². The molecular weight excluding hydrogens is 246 g/mol. The van der Waals surface area contributed by atoms with Gasteiger partial charge in [0, 0.05) is 18.8 Å². The molecule has 0 saturated carbocycles. The number of carbonyl (C=O) groups is 1. The molecule has 5 heteroatoms. The van der Waals surface area contributed by atoms with E-state index in [2.05, 4.69) is 6.07 Å². The second-order valence-corrected chi connectivity index (χ2v) is 6.60. The highest BCUT2D eigenvalue weighted by Crippen LogP contribution is 2.47. The Balaban J connectivity index is 3.14. The normalized spacial score (nSPS) is 30.6. The summed E-state index contributed by atoms with van der Waals surface area (Å²) >= 11 is 0. The SMILES string of the molecule is CC1(C)O[C@H](CC#N)C[C@@](CC(=O)[O-])(C(C)(C)C)O1. The molecule has 1 aliphatic heterocycles. The minimum Gasteiger partial charge on any atom is -0.550 e. The molecule has 1 rings (SSSR count). The summed E-state index contributed by atoms with van der Waals surface area (Å²) in [6, 6.07) is 2.07. The van der Waals surface area contributed by atoms with Crippen molar-refractivity contribution in [3.63, 3.8) is 0 Å². The van der Waals surface area contributed by atoms with E-state index in [4.69, 9.17) is 14.7 Å². The molecule has 0 aromatic rings. The van der Waals surface area contributed by atoms with Gasteiger partial charge in [-0.1, -0.05) is 20.8 Å². The zero-order valence-corrected chi connectivity index (χ0v) is 12.3. The Morgan fingerprint density at radius 1 is 1.47 bits per heavy atom. The molecule has 19 heavy (non-hydrogen) atoms. The fraction of sp³-hybridized carbons (Fsp3) is 0.857. The van der Waals surface area contributed by atoms with Gasteiger partial charge in [0.15, 0.2) is 5.79 Å². The first kappa shape index (κ1) is 15.9. The molecule has 2 atom stereocenters. The number of aliphatic carboxylic acids is 1. The highest BCUT2D eigenvalue weighted by atomic mass is 16.7. The topological polar surface area (TPSA) is 82.4 Å². The summed E-state index contributed by atoms with van der Waals surface area (Å²) in [5.74, 6) is -2.06. The summed E-state index contributed by atoms with van der Waals surface area (Å²) < 4.78 is 11.6. The Bertz CT molecular complexity index is 391. The number of hydrogen-bond acceptors (Lipinski definition) is 5. The molecular formula is C14H22NO4-. The third kappa shape index (κ3) is 3.68. The van der Waals surface area contributed by atoms with Crippen molar-refractivity contribution >= 4 is 5.97 Å². The van der Waals surface area contributed by atoms with Crippen LogP contribution in [0, 0.1) is 16.7 Å². The van der Waals surface area contributed by atoms with Crippen LogP contribution in [0.1, 0.15) is 53.9 Å². The number of carbonyl (C=O) groups excluding carboxylic acids is 1. The van der Waals surface area contributed by atoms with Gasteiger partial charge in [0.05, 0.1) is 24.2 Å². The van der Waals surface area contributed by atoms with E-state index in [0.29, 0.717) is 6.42 Å². The van der Waals surface area contributed by atoms with Crippen LogP contribution in [0.25, 0.3) is 0 Å². The number of rotatable bonds is 3. The van der Waals surface area contributed by atoms with Gasteiger partial charge in [-0.2, -0.15) is 5.26 Å². The predicted octanol–water partition coefficient (Wildman–Crippen LogP) is 1.37. The first-order valence-corrected chi connectivity index (χ1v) is 6.46. The third-order valence-corrected chi connectivity index (χ3v) is 3.56. The second-order valence-electron chi connectivity index (χ2n) is 6.60. The molecule has 5 nitrogen and oxygen atoms in total. The van der Waals surface area contributed by atoms with Gasteiger partial charge in [0.25, 0.3) is 0 Å². The van der Waals surface area contributed by atoms with E-state index in [-0.39, 0.29) is 18.9 Å². The van der Waals surface area contributed by atoms with Crippen LogP contribution < -0.4 is 5.11 Å². The molecule has 0 spiro atoms. The highest BCUT2D eigenvalue weighted by molar-refractivity contribution is 5.66. The number of ether oxygens (including phenoxy) is 2. The van der Waals surface area contributed by atoms with E-state index in [1.165, 1.54) is 0 Å². The van der Waals surface area contributed by atoms with Crippen molar-refractivity contribution in [1.29, 1.82) is 5.26 Å². The van der Waals surface area contributed by atoms with Gasteiger partial charge in [-0.15, -0.1) is 0 Å². The Labute approximate surface area is 114 Å². The van der Waals surface area contributed by atoms with Gasteiger partial charge in [0.1, 0.15) is 0 Å². The van der Waals surface area contributed by atoms with Crippen LogP contribution in [0.3, 0.4) is 0 Å².